The number of hydrogen-bond donors (Lipinski definition) is 1. The third-order valence-corrected chi connectivity index (χ3v) is 3.22. The first-order valence-corrected chi connectivity index (χ1v) is 6.91. The van der Waals surface area contributed by atoms with Gasteiger partial charge in [0.25, 0.3) is 5.91 Å². The van der Waals surface area contributed by atoms with Gasteiger partial charge in [-0.2, -0.15) is 5.10 Å². The first-order valence-electron chi connectivity index (χ1n) is 6.11. The van der Waals surface area contributed by atoms with Gasteiger partial charge >= 0.3 is 0 Å². The number of rotatable bonds is 4. The number of ether oxygens (including phenoxy) is 1. The molecule has 0 bridgehead atoms. The van der Waals surface area contributed by atoms with Gasteiger partial charge in [0.2, 0.25) is 0 Å². The van der Waals surface area contributed by atoms with Crippen molar-refractivity contribution in [2.24, 2.45) is 5.10 Å². The molecule has 2 rings (SSSR count). The van der Waals surface area contributed by atoms with Crippen molar-refractivity contribution in [3.63, 3.8) is 0 Å². The van der Waals surface area contributed by atoms with Crippen molar-refractivity contribution >= 4 is 28.1 Å². The fourth-order valence-electron chi connectivity index (χ4n) is 1.76. The lowest BCUT2D eigenvalue weighted by atomic mass is 10.2. The monoisotopic (exact) mass is 325 g/mol. The molecule has 1 amide bonds. The third kappa shape index (κ3) is 5.10. The van der Waals surface area contributed by atoms with Crippen LogP contribution in [-0.4, -0.2) is 49.9 Å². The Morgan fingerprint density at radius 1 is 1.47 bits per heavy atom. The van der Waals surface area contributed by atoms with Crippen LogP contribution in [0, 0.1) is 0 Å². The molecule has 1 fully saturated rings. The molecule has 1 aliphatic heterocycles. The Kier molecular flexibility index (Phi) is 5.50. The first kappa shape index (κ1) is 14.2. The van der Waals surface area contributed by atoms with E-state index in [-0.39, 0.29) is 5.91 Å². The van der Waals surface area contributed by atoms with Crippen LogP contribution in [0.1, 0.15) is 5.56 Å². The first-order chi connectivity index (χ1) is 9.24. The number of carbonyl (C=O) groups is 1. The van der Waals surface area contributed by atoms with Gasteiger partial charge in [-0.15, -0.1) is 0 Å². The van der Waals surface area contributed by atoms with Crippen LogP contribution < -0.4 is 5.43 Å². The molecule has 0 aliphatic carbocycles. The Morgan fingerprint density at radius 2 is 2.26 bits per heavy atom. The van der Waals surface area contributed by atoms with Gasteiger partial charge in [0, 0.05) is 17.6 Å². The maximum absolute atomic E-state index is 11.7. The van der Waals surface area contributed by atoms with E-state index in [4.69, 9.17) is 4.74 Å². The van der Waals surface area contributed by atoms with Crippen molar-refractivity contribution in [3.05, 3.63) is 34.3 Å². The smallest absolute Gasteiger partial charge is 0.254 e. The van der Waals surface area contributed by atoms with Crippen LogP contribution >= 0.6 is 15.9 Å². The molecule has 6 heteroatoms. The van der Waals surface area contributed by atoms with Crippen molar-refractivity contribution in [2.45, 2.75) is 0 Å². The number of nitrogens with zero attached hydrogens (tertiary/aromatic N) is 2. The molecule has 1 aromatic rings. The Hall–Kier alpha value is -1.24. The molecule has 0 atom stereocenters. The van der Waals surface area contributed by atoms with Crippen molar-refractivity contribution in [3.8, 4) is 0 Å². The second-order valence-corrected chi connectivity index (χ2v) is 5.15. The second-order valence-electron chi connectivity index (χ2n) is 4.24. The summed E-state index contributed by atoms with van der Waals surface area (Å²) in [6, 6.07) is 7.70. The summed E-state index contributed by atoms with van der Waals surface area (Å²) in [6.07, 6.45) is 1.63. The molecule has 0 aromatic heterocycles. The number of nitrogens with one attached hydrogen (secondary N) is 1. The molecule has 19 heavy (non-hydrogen) atoms. The molecule has 1 saturated heterocycles. The number of hydrogen-bond acceptors (Lipinski definition) is 4. The maximum atomic E-state index is 11.7. The summed E-state index contributed by atoms with van der Waals surface area (Å²) >= 11 is 3.38. The Bertz CT molecular complexity index is 459. The van der Waals surface area contributed by atoms with Crippen LogP contribution in [0.5, 0.6) is 0 Å². The van der Waals surface area contributed by atoms with Gasteiger partial charge in [-0.3, -0.25) is 9.69 Å². The third-order valence-electron chi connectivity index (χ3n) is 2.72. The van der Waals surface area contributed by atoms with Gasteiger partial charge in [0.15, 0.2) is 0 Å². The molecule has 0 spiro atoms. The van der Waals surface area contributed by atoms with Gasteiger partial charge in [-0.05, 0) is 17.7 Å². The zero-order valence-corrected chi connectivity index (χ0v) is 12.1. The summed E-state index contributed by atoms with van der Waals surface area (Å²) in [5, 5.41) is 3.94. The lowest BCUT2D eigenvalue weighted by Gasteiger charge is -2.25. The standard InChI is InChI=1S/C13H16BrN3O2/c14-12-3-1-2-11(8-12)9-15-16-13(18)10-17-4-6-19-7-5-17/h1-3,8-9H,4-7,10H2,(H,16,18)/b15-9-. The average Bonchev–Trinajstić information content (AvgIpc) is 2.40. The molecule has 5 nitrogen and oxygen atoms in total. The number of amides is 1. The maximum Gasteiger partial charge on any atom is 0.254 e. The van der Waals surface area contributed by atoms with Gasteiger partial charge in [-0.25, -0.2) is 5.43 Å². The lowest BCUT2D eigenvalue weighted by molar-refractivity contribution is -0.123. The fraction of sp³-hybridized carbons (Fsp3) is 0.385. The van der Waals surface area contributed by atoms with Crippen molar-refractivity contribution in [1.82, 2.24) is 10.3 Å². The summed E-state index contributed by atoms with van der Waals surface area (Å²) in [4.78, 5) is 13.7. The molecular formula is C13H16BrN3O2. The van der Waals surface area contributed by atoms with Crippen LogP contribution in [0.4, 0.5) is 0 Å². The van der Waals surface area contributed by atoms with E-state index in [1.165, 1.54) is 0 Å². The summed E-state index contributed by atoms with van der Waals surface area (Å²) in [5.74, 6) is -0.104. The molecule has 0 unspecified atom stereocenters. The predicted molar refractivity (Wildman–Crippen MR) is 77.1 cm³/mol. The molecule has 1 aliphatic rings. The zero-order valence-electron chi connectivity index (χ0n) is 10.5. The zero-order chi connectivity index (χ0) is 13.5. The van der Waals surface area contributed by atoms with E-state index < -0.39 is 0 Å². The topological polar surface area (TPSA) is 53.9 Å². The number of benzene rings is 1. The minimum absolute atomic E-state index is 0.104. The number of hydrazone groups is 1. The minimum Gasteiger partial charge on any atom is -0.379 e. The van der Waals surface area contributed by atoms with E-state index in [0.717, 1.165) is 23.1 Å². The minimum atomic E-state index is -0.104. The highest BCUT2D eigenvalue weighted by Gasteiger charge is 2.13. The summed E-state index contributed by atoms with van der Waals surface area (Å²) in [7, 11) is 0. The van der Waals surface area contributed by atoms with Crippen molar-refractivity contribution < 1.29 is 9.53 Å². The van der Waals surface area contributed by atoms with Crippen LogP contribution in [0.3, 0.4) is 0 Å². The van der Waals surface area contributed by atoms with E-state index in [2.05, 4.69) is 26.5 Å². The van der Waals surface area contributed by atoms with Crippen LogP contribution in [0.2, 0.25) is 0 Å². The molecular weight excluding hydrogens is 310 g/mol. The Balaban J connectivity index is 1.76. The molecule has 0 radical (unpaired) electrons. The summed E-state index contributed by atoms with van der Waals surface area (Å²) < 4.78 is 6.21. The molecule has 0 saturated carbocycles. The highest BCUT2D eigenvalue weighted by atomic mass is 79.9. The normalized spacial score (nSPS) is 16.7. The van der Waals surface area contributed by atoms with E-state index in [9.17, 15) is 4.79 Å². The SMILES string of the molecule is O=C(CN1CCOCC1)N/N=C\c1cccc(Br)c1. The van der Waals surface area contributed by atoms with Crippen molar-refractivity contribution in [1.29, 1.82) is 0 Å². The number of halogens is 1. The van der Waals surface area contributed by atoms with Gasteiger partial charge < -0.3 is 4.74 Å². The summed E-state index contributed by atoms with van der Waals surface area (Å²) in [5.41, 5.74) is 3.46. The molecule has 1 N–H and O–H groups in total. The number of carbonyl (C=O) groups excluding carboxylic acids is 1. The van der Waals surface area contributed by atoms with E-state index in [0.29, 0.717) is 19.8 Å². The van der Waals surface area contributed by atoms with Crippen LogP contribution in [0.15, 0.2) is 33.8 Å². The Morgan fingerprint density at radius 3 is 3.00 bits per heavy atom. The van der Waals surface area contributed by atoms with E-state index in [1.807, 2.05) is 29.2 Å². The molecule has 1 heterocycles. The largest absolute Gasteiger partial charge is 0.379 e. The van der Waals surface area contributed by atoms with Crippen molar-refractivity contribution in [2.75, 3.05) is 32.8 Å². The highest BCUT2D eigenvalue weighted by molar-refractivity contribution is 9.10. The number of morpholine rings is 1. The second kappa shape index (κ2) is 7.37. The fourth-order valence-corrected chi connectivity index (χ4v) is 2.18. The van der Waals surface area contributed by atoms with Crippen LogP contribution in [-0.2, 0) is 9.53 Å². The molecule has 1 aromatic carbocycles. The predicted octanol–water partition coefficient (Wildman–Crippen LogP) is 1.23. The van der Waals surface area contributed by atoms with E-state index >= 15 is 0 Å². The Labute approximate surface area is 120 Å². The van der Waals surface area contributed by atoms with Gasteiger partial charge in [-0.1, -0.05) is 28.1 Å². The van der Waals surface area contributed by atoms with Gasteiger partial charge in [0.05, 0.1) is 26.0 Å². The lowest BCUT2D eigenvalue weighted by Crippen LogP contribution is -2.42. The summed E-state index contributed by atoms with van der Waals surface area (Å²) in [6.45, 7) is 3.33. The molecule has 102 valence electrons. The highest BCUT2D eigenvalue weighted by Crippen LogP contribution is 2.09. The average molecular weight is 326 g/mol. The van der Waals surface area contributed by atoms with Crippen LogP contribution in [0.25, 0.3) is 0 Å². The van der Waals surface area contributed by atoms with E-state index in [1.54, 1.807) is 6.21 Å². The van der Waals surface area contributed by atoms with Gasteiger partial charge in [0.1, 0.15) is 0 Å². The quantitative estimate of drug-likeness (QED) is 0.669.